The second-order valence-corrected chi connectivity index (χ2v) is 4.96. The van der Waals surface area contributed by atoms with Crippen LogP contribution in [-0.2, 0) is 4.74 Å². The predicted octanol–water partition coefficient (Wildman–Crippen LogP) is 1.30. The number of rotatable bonds is 2. The van der Waals surface area contributed by atoms with Gasteiger partial charge in [-0.15, -0.1) is 0 Å². The van der Waals surface area contributed by atoms with Crippen LogP contribution in [0.3, 0.4) is 0 Å². The van der Waals surface area contributed by atoms with E-state index in [1.54, 1.807) is 30.3 Å². The van der Waals surface area contributed by atoms with Crippen LogP contribution >= 0.6 is 0 Å². The first kappa shape index (κ1) is 12.8. The summed E-state index contributed by atoms with van der Waals surface area (Å²) in [5, 5.41) is 0. The smallest absolute Gasteiger partial charge is 0.272 e. The van der Waals surface area contributed by atoms with Gasteiger partial charge in [0.1, 0.15) is 5.69 Å². The van der Waals surface area contributed by atoms with Crippen LogP contribution < -0.4 is 5.73 Å². The van der Waals surface area contributed by atoms with Crippen LogP contribution in [0.15, 0.2) is 18.3 Å². The second-order valence-electron chi connectivity index (χ2n) is 4.96. The molecule has 0 bridgehead atoms. The van der Waals surface area contributed by atoms with Gasteiger partial charge in [-0.3, -0.25) is 9.78 Å². The summed E-state index contributed by atoms with van der Waals surface area (Å²) < 4.78 is 5.48. The Bertz CT molecular complexity index is 450. The largest absolute Gasteiger partial charge is 0.399 e. The lowest BCUT2D eigenvalue weighted by molar-refractivity contribution is -0.0441. The van der Waals surface area contributed by atoms with E-state index in [9.17, 15) is 4.79 Å². The first-order valence-electron chi connectivity index (χ1n) is 6.10. The molecule has 0 aromatic carbocycles. The van der Waals surface area contributed by atoms with E-state index in [0.29, 0.717) is 17.9 Å². The molecular weight excluding hydrogens is 230 g/mol. The first-order chi connectivity index (χ1) is 8.54. The van der Waals surface area contributed by atoms with Crippen molar-refractivity contribution in [2.75, 3.05) is 25.9 Å². The van der Waals surface area contributed by atoms with Gasteiger partial charge in [-0.1, -0.05) is 0 Å². The molecule has 18 heavy (non-hydrogen) atoms. The summed E-state index contributed by atoms with van der Waals surface area (Å²) in [6.07, 6.45) is 3.47. The van der Waals surface area contributed by atoms with Crippen LogP contribution in [0.2, 0.25) is 0 Å². The molecule has 1 saturated heterocycles. The molecule has 0 aliphatic carbocycles. The third-order valence-electron chi connectivity index (χ3n) is 3.44. The molecule has 1 atom stereocenters. The Labute approximate surface area is 107 Å². The molecule has 1 aliphatic heterocycles. The molecule has 1 amide bonds. The van der Waals surface area contributed by atoms with E-state index in [1.165, 1.54) is 0 Å². The van der Waals surface area contributed by atoms with Crippen molar-refractivity contribution in [3.05, 3.63) is 24.0 Å². The molecule has 1 aromatic heterocycles. The van der Waals surface area contributed by atoms with Crippen LogP contribution in [0.25, 0.3) is 0 Å². The van der Waals surface area contributed by atoms with E-state index in [1.807, 2.05) is 6.92 Å². The molecule has 1 aliphatic rings. The average Bonchev–Trinajstić information content (AvgIpc) is 2.38. The van der Waals surface area contributed by atoms with Gasteiger partial charge in [-0.05, 0) is 31.9 Å². The monoisotopic (exact) mass is 249 g/mol. The fraction of sp³-hybridized carbons (Fsp3) is 0.538. The SMILES string of the molecule is COC1(C)CCCN(C(=O)c2cc(N)ccn2)C1. The van der Waals surface area contributed by atoms with Gasteiger partial charge in [0.25, 0.3) is 5.91 Å². The number of aromatic nitrogens is 1. The average molecular weight is 249 g/mol. The summed E-state index contributed by atoms with van der Waals surface area (Å²) in [7, 11) is 1.69. The van der Waals surface area contributed by atoms with Crippen molar-refractivity contribution in [2.45, 2.75) is 25.4 Å². The van der Waals surface area contributed by atoms with Crippen molar-refractivity contribution in [1.29, 1.82) is 0 Å². The highest BCUT2D eigenvalue weighted by Crippen LogP contribution is 2.24. The molecule has 0 spiro atoms. The number of nitrogen functional groups attached to an aromatic ring is 1. The molecule has 5 heteroatoms. The lowest BCUT2D eigenvalue weighted by Gasteiger charge is -2.39. The van der Waals surface area contributed by atoms with Crippen LogP contribution in [0.1, 0.15) is 30.3 Å². The number of anilines is 1. The molecule has 1 fully saturated rings. The first-order valence-corrected chi connectivity index (χ1v) is 6.10. The van der Waals surface area contributed by atoms with E-state index in [2.05, 4.69) is 4.98 Å². The maximum Gasteiger partial charge on any atom is 0.272 e. The van der Waals surface area contributed by atoms with Crippen LogP contribution in [0.4, 0.5) is 5.69 Å². The standard InChI is InChI=1S/C13H19N3O2/c1-13(18-2)5-3-7-16(9-13)12(17)11-8-10(14)4-6-15-11/h4,6,8H,3,5,7,9H2,1-2H3,(H2,14,15). The zero-order valence-corrected chi connectivity index (χ0v) is 10.8. The maximum absolute atomic E-state index is 12.3. The molecule has 2 rings (SSSR count). The molecular formula is C13H19N3O2. The number of methoxy groups -OCH3 is 1. The van der Waals surface area contributed by atoms with Crippen molar-refractivity contribution < 1.29 is 9.53 Å². The number of nitrogens with zero attached hydrogens (tertiary/aromatic N) is 2. The lowest BCUT2D eigenvalue weighted by atomic mass is 9.94. The number of hydrogen-bond acceptors (Lipinski definition) is 4. The Morgan fingerprint density at radius 2 is 2.39 bits per heavy atom. The van der Waals surface area contributed by atoms with Gasteiger partial charge >= 0.3 is 0 Å². The fourth-order valence-corrected chi connectivity index (χ4v) is 2.27. The summed E-state index contributed by atoms with van der Waals surface area (Å²) >= 11 is 0. The number of hydrogen-bond donors (Lipinski definition) is 1. The number of ether oxygens (including phenoxy) is 1. The van der Waals surface area contributed by atoms with Crippen LogP contribution in [0, 0.1) is 0 Å². The number of carbonyl (C=O) groups excluding carboxylic acids is 1. The third kappa shape index (κ3) is 2.61. The van der Waals surface area contributed by atoms with Crippen molar-refractivity contribution in [3.63, 3.8) is 0 Å². The van der Waals surface area contributed by atoms with Gasteiger partial charge in [0, 0.05) is 32.1 Å². The van der Waals surface area contributed by atoms with Gasteiger partial charge < -0.3 is 15.4 Å². The van der Waals surface area contributed by atoms with Crippen molar-refractivity contribution in [1.82, 2.24) is 9.88 Å². The van der Waals surface area contributed by atoms with Gasteiger partial charge in [-0.25, -0.2) is 0 Å². The van der Waals surface area contributed by atoms with E-state index in [-0.39, 0.29) is 11.5 Å². The Kier molecular flexibility index (Phi) is 3.52. The summed E-state index contributed by atoms with van der Waals surface area (Å²) in [6, 6.07) is 3.29. The summed E-state index contributed by atoms with van der Waals surface area (Å²) in [6.45, 7) is 3.37. The highest BCUT2D eigenvalue weighted by atomic mass is 16.5. The van der Waals surface area contributed by atoms with Crippen molar-refractivity contribution in [2.24, 2.45) is 0 Å². The highest BCUT2D eigenvalue weighted by Gasteiger charge is 2.33. The minimum Gasteiger partial charge on any atom is -0.399 e. The van der Waals surface area contributed by atoms with E-state index >= 15 is 0 Å². The summed E-state index contributed by atoms with van der Waals surface area (Å²) in [4.78, 5) is 18.2. The topological polar surface area (TPSA) is 68.5 Å². The van der Waals surface area contributed by atoms with E-state index in [4.69, 9.17) is 10.5 Å². The third-order valence-corrected chi connectivity index (χ3v) is 3.44. The van der Waals surface area contributed by atoms with Gasteiger partial charge in [0.2, 0.25) is 0 Å². The number of carbonyl (C=O) groups is 1. The zero-order chi connectivity index (χ0) is 13.2. The molecule has 5 nitrogen and oxygen atoms in total. The zero-order valence-electron chi connectivity index (χ0n) is 10.8. The second kappa shape index (κ2) is 4.94. The van der Waals surface area contributed by atoms with Crippen LogP contribution in [-0.4, -0.2) is 41.6 Å². The molecule has 0 radical (unpaired) electrons. The number of likely N-dealkylation sites (tertiary alicyclic amines) is 1. The highest BCUT2D eigenvalue weighted by molar-refractivity contribution is 5.93. The van der Waals surface area contributed by atoms with E-state index < -0.39 is 0 Å². The molecule has 2 heterocycles. The molecule has 2 N–H and O–H groups in total. The Morgan fingerprint density at radius 3 is 3.06 bits per heavy atom. The van der Waals surface area contributed by atoms with E-state index in [0.717, 1.165) is 19.4 Å². The number of amides is 1. The molecule has 0 saturated carbocycles. The van der Waals surface area contributed by atoms with Gasteiger partial charge in [-0.2, -0.15) is 0 Å². The van der Waals surface area contributed by atoms with Gasteiger partial charge in [0.05, 0.1) is 5.60 Å². The summed E-state index contributed by atoms with van der Waals surface area (Å²) in [5.74, 6) is -0.0784. The Morgan fingerprint density at radius 1 is 1.61 bits per heavy atom. The number of piperidine rings is 1. The fourth-order valence-electron chi connectivity index (χ4n) is 2.27. The quantitative estimate of drug-likeness (QED) is 0.858. The van der Waals surface area contributed by atoms with Crippen molar-refractivity contribution >= 4 is 11.6 Å². The Balaban J connectivity index is 2.14. The minimum absolute atomic E-state index is 0.0784. The normalized spacial score (nSPS) is 24.0. The Hall–Kier alpha value is -1.62. The number of nitrogens with two attached hydrogens (primary N) is 1. The van der Waals surface area contributed by atoms with Crippen LogP contribution in [0.5, 0.6) is 0 Å². The molecule has 98 valence electrons. The number of pyridine rings is 1. The maximum atomic E-state index is 12.3. The van der Waals surface area contributed by atoms with Crippen molar-refractivity contribution in [3.8, 4) is 0 Å². The minimum atomic E-state index is -0.256. The molecule has 1 aromatic rings. The molecule has 1 unspecified atom stereocenters. The lowest BCUT2D eigenvalue weighted by Crippen LogP contribution is -2.49. The summed E-state index contributed by atoms with van der Waals surface area (Å²) in [5.41, 5.74) is 6.37. The van der Waals surface area contributed by atoms with Gasteiger partial charge in [0.15, 0.2) is 0 Å². The predicted molar refractivity (Wildman–Crippen MR) is 69.2 cm³/mol.